The molecule has 0 radical (unpaired) electrons. The minimum absolute atomic E-state index is 0.0292. The van der Waals surface area contributed by atoms with Crippen molar-refractivity contribution in [1.29, 1.82) is 0 Å². The maximum Gasteiger partial charge on any atom is 0.321 e. The van der Waals surface area contributed by atoms with Gasteiger partial charge < -0.3 is 5.32 Å². The number of nitrogens with one attached hydrogen (secondary N) is 2. The summed E-state index contributed by atoms with van der Waals surface area (Å²) in [5, 5.41) is 5.75. The highest BCUT2D eigenvalue weighted by atomic mass is 35.5. The number of hydrogen-bond donors (Lipinski definition) is 2. The molecule has 0 aromatic heterocycles. The molecule has 0 aliphatic heterocycles. The van der Waals surface area contributed by atoms with Crippen LogP contribution in [-0.4, -0.2) is 23.7 Å². The fourth-order valence-electron chi connectivity index (χ4n) is 1.22. The standard InChI is InChI=1S/C12H14Cl2N2O2S/c1-7(2)15-12(18)16-10(17)6-19-11-8(13)4-3-5-9(11)14/h3-5,7H,6H2,1-2H3,(H2,15,16,17,18). The normalized spacial score (nSPS) is 10.4. The number of rotatable bonds is 4. The summed E-state index contributed by atoms with van der Waals surface area (Å²) in [6, 6.07) is 4.58. The average Bonchev–Trinajstić information content (AvgIpc) is 2.26. The van der Waals surface area contributed by atoms with Crippen LogP contribution in [0.25, 0.3) is 0 Å². The Bertz CT molecular complexity index is 461. The molecule has 1 rings (SSSR count). The van der Waals surface area contributed by atoms with Crippen LogP contribution >= 0.6 is 35.0 Å². The molecule has 2 N–H and O–H groups in total. The Balaban J connectivity index is 2.49. The third kappa shape index (κ3) is 5.72. The smallest absolute Gasteiger partial charge is 0.321 e. The van der Waals surface area contributed by atoms with E-state index in [1.165, 1.54) is 11.8 Å². The Morgan fingerprint density at radius 2 is 1.84 bits per heavy atom. The zero-order valence-electron chi connectivity index (χ0n) is 10.5. The van der Waals surface area contributed by atoms with Crippen molar-refractivity contribution in [2.75, 3.05) is 5.75 Å². The highest BCUT2D eigenvalue weighted by Crippen LogP contribution is 2.33. The first-order valence-corrected chi connectivity index (χ1v) is 7.31. The van der Waals surface area contributed by atoms with Gasteiger partial charge in [-0.05, 0) is 26.0 Å². The average molecular weight is 321 g/mol. The van der Waals surface area contributed by atoms with Crippen molar-refractivity contribution in [1.82, 2.24) is 10.6 Å². The summed E-state index contributed by atoms with van der Waals surface area (Å²) in [7, 11) is 0. The van der Waals surface area contributed by atoms with Crippen molar-refractivity contribution in [2.24, 2.45) is 0 Å². The number of benzene rings is 1. The lowest BCUT2D eigenvalue weighted by Gasteiger charge is -2.09. The van der Waals surface area contributed by atoms with Crippen molar-refractivity contribution < 1.29 is 9.59 Å². The van der Waals surface area contributed by atoms with Crippen LogP contribution in [0.4, 0.5) is 4.79 Å². The van der Waals surface area contributed by atoms with E-state index < -0.39 is 11.9 Å². The summed E-state index contributed by atoms with van der Waals surface area (Å²) in [6.45, 7) is 3.62. The summed E-state index contributed by atoms with van der Waals surface area (Å²) >= 11 is 13.1. The van der Waals surface area contributed by atoms with Gasteiger partial charge in [-0.1, -0.05) is 29.3 Å². The molecule has 4 nitrogen and oxygen atoms in total. The molecule has 19 heavy (non-hydrogen) atoms. The molecule has 3 amide bonds. The van der Waals surface area contributed by atoms with E-state index in [0.717, 1.165) is 0 Å². The molecule has 1 aromatic carbocycles. The predicted molar refractivity (Wildman–Crippen MR) is 79.0 cm³/mol. The van der Waals surface area contributed by atoms with Crippen molar-refractivity contribution >= 4 is 46.9 Å². The minimum atomic E-state index is -0.508. The zero-order chi connectivity index (χ0) is 14.4. The molecule has 0 fully saturated rings. The summed E-state index contributed by atoms with van der Waals surface area (Å²) < 4.78 is 0. The molecule has 1 aromatic rings. The van der Waals surface area contributed by atoms with E-state index in [0.29, 0.717) is 14.9 Å². The molecule has 0 aliphatic rings. The highest BCUT2D eigenvalue weighted by molar-refractivity contribution is 8.00. The van der Waals surface area contributed by atoms with Crippen LogP contribution in [0.15, 0.2) is 23.1 Å². The van der Waals surface area contributed by atoms with E-state index >= 15 is 0 Å². The fourth-order valence-corrected chi connectivity index (χ4v) is 2.70. The Morgan fingerprint density at radius 1 is 1.26 bits per heavy atom. The van der Waals surface area contributed by atoms with Crippen LogP contribution in [0, 0.1) is 0 Å². The van der Waals surface area contributed by atoms with Gasteiger partial charge in [-0.3, -0.25) is 10.1 Å². The molecule has 7 heteroatoms. The lowest BCUT2D eigenvalue weighted by atomic mass is 10.4. The lowest BCUT2D eigenvalue weighted by Crippen LogP contribution is -2.43. The maximum atomic E-state index is 11.6. The monoisotopic (exact) mass is 320 g/mol. The topological polar surface area (TPSA) is 58.2 Å². The third-order valence-corrected chi connectivity index (χ3v) is 3.93. The summed E-state index contributed by atoms with van der Waals surface area (Å²) in [5.74, 6) is -0.339. The van der Waals surface area contributed by atoms with Crippen LogP contribution in [0.2, 0.25) is 10.0 Å². The van der Waals surface area contributed by atoms with Crippen LogP contribution in [0.5, 0.6) is 0 Å². The van der Waals surface area contributed by atoms with Crippen molar-refractivity contribution in [3.05, 3.63) is 28.2 Å². The summed E-state index contributed by atoms with van der Waals surface area (Å²) in [4.78, 5) is 23.5. The maximum absolute atomic E-state index is 11.6. The van der Waals surface area contributed by atoms with Gasteiger partial charge in [0, 0.05) is 10.9 Å². The SMILES string of the molecule is CC(C)NC(=O)NC(=O)CSc1c(Cl)cccc1Cl. The number of thioether (sulfide) groups is 1. The molecule has 0 heterocycles. The van der Waals surface area contributed by atoms with Crippen LogP contribution in [-0.2, 0) is 4.79 Å². The predicted octanol–water partition coefficient (Wildman–Crippen LogP) is 3.32. The largest absolute Gasteiger partial charge is 0.336 e. The van der Waals surface area contributed by atoms with E-state index in [1.54, 1.807) is 18.2 Å². The van der Waals surface area contributed by atoms with E-state index in [1.807, 2.05) is 13.8 Å². The molecule has 0 atom stereocenters. The second-order valence-electron chi connectivity index (χ2n) is 4.02. The fraction of sp³-hybridized carbons (Fsp3) is 0.333. The second-order valence-corrected chi connectivity index (χ2v) is 5.82. The number of urea groups is 1. The van der Waals surface area contributed by atoms with Gasteiger partial charge in [0.2, 0.25) is 5.91 Å². The van der Waals surface area contributed by atoms with Crippen molar-refractivity contribution in [3.63, 3.8) is 0 Å². The van der Waals surface area contributed by atoms with Crippen molar-refractivity contribution in [3.8, 4) is 0 Å². The molecule has 0 spiro atoms. The van der Waals surface area contributed by atoms with Gasteiger partial charge in [0.1, 0.15) is 0 Å². The number of halogens is 2. The molecule has 0 bridgehead atoms. The molecular weight excluding hydrogens is 307 g/mol. The number of amides is 3. The highest BCUT2D eigenvalue weighted by Gasteiger charge is 2.12. The van der Waals surface area contributed by atoms with Gasteiger partial charge in [-0.15, -0.1) is 11.8 Å². The first-order chi connectivity index (χ1) is 8.90. The third-order valence-electron chi connectivity index (χ3n) is 1.94. The molecule has 0 saturated carbocycles. The molecular formula is C12H14Cl2N2O2S. The Kier molecular flexibility index (Phi) is 6.48. The van der Waals surface area contributed by atoms with Gasteiger partial charge in [0.15, 0.2) is 0 Å². The Hall–Kier alpha value is -0.910. The Labute approximate surface area is 126 Å². The van der Waals surface area contributed by atoms with Crippen LogP contribution in [0.1, 0.15) is 13.8 Å². The van der Waals surface area contributed by atoms with Gasteiger partial charge >= 0.3 is 6.03 Å². The summed E-state index contributed by atoms with van der Waals surface area (Å²) in [6.07, 6.45) is 0. The number of hydrogen-bond acceptors (Lipinski definition) is 3. The Morgan fingerprint density at radius 3 is 2.37 bits per heavy atom. The molecule has 0 aliphatic carbocycles. The molecule has 104 valence electrons. The van der Waals surface area contributed by atoms with Gasteiger partial charge in [-0.25, -0.2) is 4.79 Å². The summed E-state index contributed by atoms with van der Waals surface area (Å²) in [5.41, 5.74) is 0. The van der Waals surface area contributed by atoms with Crippen molar-refractivity contribution in [2.45, 2.75) is 24.8 Å². The van der Waals surface area contributed by atoms with E-state index in [9.17, 15) is 9.59 Å². The van der Waals surface area contributed by atoms with E-state index in [2.05, 4.69) is 10.6 Å². The van der Waals surface area contributed by atoms with Crippen LogP contribution < -0.4 is 10.6 Å². The number of carbonyl (C=O) groups excluding carboxylic acids is 2. The van der Waals surface area contributed by atoms with E-state index in [-0.39, 0.29) is 11.8 Å². The first-order valence-electron chi connectivity index (χ1n) is 5.57. The zero-order valence-corrected chi connectivity index (χ0v) is 12.8. The number of imide groups is 1. The minimum Gasteiger partial charge on any atom is -0.336 e. The lowest BCUT2D eigenvalue weighted by molar-refractivity contribution is -0.117. The number of carbonyl (C=O) groups is 2. The molecule has 0 saturated heterocycles. The second kappa shape index (κ2) is 7.62. The first kappa shape index (κ1) is 16.1. The quantitative estimate of drug-likeness (QED) is 0.837. The molecule has 0 unspecified atom stereocenters. The van der Waals surface area contributed by atoms with Gasteiger partial charge in [0.05, 0.1) is 15.8 Å². The van der Waals surface area contributed by atoms with Gasteiger partial charge in [0.25, 0.3) is 0 Å². The van der Waals surface area contributed by atoms with Crippen LogP contribution in [0.3, 0.4) is 0 Å². The van der Waals surface area contributed by atoms with E-state index in [4.69, 9.17) is 23.2 Å². The van der Waals surface area contributed by atoms with Gasteiger partial charge in [-0.2, -0.15) is 0 Å².